The van der Waals surface area contributed by atoms with Gasteiger partial charge in [0.2, 0.25) is 0 Å². The minimum absolute atomic E-state index is 0.536. The molecule has 1 aliphatic rings. The molecule has 0 saturated carbocycles. The summed E-state index contributed by atoms with van der Waals surface area (Å²) in [5, 5.41) is 0. The van der Waals surface area contributed by atoms with E-state index in [4.69, 9.17) is 5.73 Å². The van der Waals surface area contributed by atoms with E-state index in [9.17, 15) is 4.21 Å². The average molecular weight is 211 g/mol. The van der Waals surface area contributed by atoms with E-state index in [1.807, 2.05) is 12.1 Å². The molecule has 4 nitrogen and oxygen atoms in total. The second kappa shape index (κ2) is 3.96. The molecule has 0 unspecified atom stereocenters. The van der Waals surface area contributed by atoms with Gasteiger partial charge in [-0.2, -0.15) is 0 Å². The minimum atomic E-state index is -0.641. The first-order chi connectivity index (χ1) is 6.75. The van der Waals surface area contributed by atoms with E-state index in [2.05, 4.69) is 9.88 Å². The van der Waals surface area contributed by atoms with E-state index < -0.39 is 10.8 Å². The fourth-order valence-corrected chi connectivity index (χ4v) is 2.53. The van der Waals surface area contributed by atoms with Crippen LogP contribution in [-0.4, -0.2) is 33.8 Å². The number of aromatic nitrogens is 1. The van der Waals surface area contributed by atoms with Crippen LogP contribution < -0.4 is 10.6 Å². The zero-order chi connectivity index (χ0) is 9.97. The summed E-state index contributed by atoms with van der Waals surface area (Å²) in [6.45, 7) is 1.62. The van der Waals surface area contributed by atoms with Crippen LogP contribution >= 0.6 is 0 Å². The van der Waals surface area contributed by atoms with Crippen molar-refractivity contribution in [2.24, 2.45) is 0 Å². The lowest BCUT2D eigenvalue weighted by Crippen LogP contribution is -2.38. The van der Waals surface area contributed by atoms with Crippen molar-refractivity contribution >= 4 is 22.4 Å². The third-order valence-corrected chi connectivity index (χ3v) is 3.53. The standard InChI is InChI=1S/C9H13N3OS/c10-8-2-1-3-9(11-8)12-4-6-14(13)7-5-12/h1-3H,4-7H2,(H2,10,11). The van der Waals surface area contributed by atoms with E-state index in [1.165, 1.54) is 0 Å². The maximum atomic E-state index is 11.1. The summed E-state index contributed by atoms with van der Waals surface area (Å²) in [5.74, 6) is 2.89. The van der Waals surface area contributed by atoms with Crippen LogP contribution in [0.3, 0.4) is 0 Å². The Hall–Kier alpha value is -1.10. The number of rotatable bonds is 1. The predicted molar refractivity (Wildman–Crippen MR) is 58.7 cm³/mol. The number of nitrogens with zero attached hydrogens (tertiary/aromatic N) is 2. The summed E-state index contributed by atoms with van der Waals surface area (Å²) in [5.41, 5.74) is 5.59. The summed E-state index contributed by atoms with van der Waals surface area (Å²) >= 11 is 0. The first kappa shape index (κ1) is 9.45. The van der Waals surface area contributed by atoms with Crippen LogP contribution in [0.15, 0.2) is 18.2 Å². The predicted octanol–water partition coefficient (Wildman–Crippen LogP) is 0.232. The lowest BCUT2D eigenvalue weighted by atomic mass is 10.4. The number of nitrogens with two attached hydrogens (primary N) is 1. The van der Waals surface area contributed by atoms with Gasteiger partial charge < -0.3 is 10.6 Å². The first-order valence-electron chi connectivity index (χ1n) is 4.58. The molecular weight excluding hydrogens is 198 g/mol. The molecule has 2 N–H and O–H groups in total. The molecule has 2 rings (SSSR count). The molecule has 0 atom stereocenters. The summed E-state index contributed by atoms with van der Waals surface area (Å²) in [7, 11) is -0.641. The van der Waals surface area contributed by atoms with Crippen molar-refractivity contribution in [1.29, 1.82) is 0 Å². The van der Waals surface area contributed by atoms with Crippen molar-refractivity contribution in [2.75, 3.05) is 35.2 Å². The second-order valence-electron chi connectivity index (χ2n) is 3.26. The fourth-order valence-electron chi connectivity index (χ4n) is 1.48. The smallest absolute Gasteiger partial charge is 0.131 e. The zero-order valence-electron chi connectivity index (χ0n) is 7.85. The Labute approximate surface area is 85.6 Å². The van der Waals surface area contributed by atoms with Gasteiger partial charge in [0.05, 0.1) is 0 Å². The largest absolute Gasteiger partial charge is 0.384 e. The maximum absolute atomic E-state index is 11.1. The van der Waals surface area contributed by atoms with Gasteiger partial charge in [-0.3, -0.25) is 4.21 Å². The highest BCUT2D eigenvalue weighted by Crippen LogP contribution is 2.14. The molecule has 0 aliphatic carbocycles. The van der Waals surface area contributed by atoms with Crippen molar-refractivity contribution in [3.05, 3.63) is 18.2 Å². The number of hydrogen-bond acceptors (Lipinski definition) is 4. The highest BCUT2D eigenvalue weighted by Gasteiger charge is 2.16. The van der Waals surface area contributed by atoms with E-state index in [-0.39, 0.29) is 0 Å². The van der Waals surface area contributed by atoms with Crippen LogP contribution in [0.4, 0.5) is 11.6 Å². The molecule has 1 aliphatic heterocycles. The Kier molecular flexibility index (Phi) is 2.67. The quantitative estimate of drug-likeness (QED) is 0.722. The van der Waals surface area contributed by atoms with Crippen LogP contribution in [0.2, 0.25) is 0 Å². The monoisotopic (exact) mass is 211 g/mol. The molecule has 0 bridgehead atoms. The Morgan fingerprint density at radius 2 is 2.07 bits per heavy atom. The molecule has 76 valence electrons. The SMILES string of the molecule is Nc1cccc(N2CCS(=O)CC2)n1. The van der Waals surface area contributed by atoms with Gasteiger partial charge in [0, 0.05) is 35.4 Å². The van der Waals surface area contributed by atoms with Crippen molar-refractivity contribution in [2.45, 2.75) is 0 Å². The third-order valence-electron chi connectivity index (χ3n) is 2.26. The van der Waals surface area contributed by atoms with Crippen molar-refractivity contribution in [3.8, 4) is 0 Å². The normalized spacial score (nSPS) is 18.4. The molecule has 1 saturated heterocycles. The van der Waals surface area contributed by atoms with Crippen LogP contribution in [0.25, 0.3) is 0 Å². The van der Waals surface area contributed by atoms with Gasteiger partial charge in [-0.05, 0) is 12.1 Å². The molecule has 5 heteroatoms. The van der Waals surface area contributed by atoms with Crippen LogP contribution in [0, 0.1) is 0 Å². The second-order valence-corrected chi connectivity index (χ2v) is 4.95. The maximum Gasteiger partial charge on any atom is 0.131 e. The van der Waals surface area contributed by atoms with Gasteiger partial charge in [0.25, 0.3) is 0 Å². The molecule has 2 heterocycles. The Morgan fingerprint density at radius 1 is 1.36 bits per heavy atom. The fraction of sp³-hybridized carbons (Fsp3) is 0.444. The zero-order valence-corrected chi connectivity index (χ0v) is 8.67. The number of hydrogen-bond donors (Lipinski definition) is 1. The third kappa shape index (κ3) is 2.04. The molecule has 0 radical (unpaired) electrons. The van der Waals surface area contributed by atoms with Crippen LogP contribution in [0.5, 0.6) is 0 Å². The lowest BCUT2D eigenvalue weighted by Gasteiger charge is -2.27. The molecule has 0 spiro atoms. The lowest BCUT2D eigenvalue weighted by molar-refractivity contribution is 0.672. The Bertz CT molecular complexity index is 346. The summed E-state index contributed by atoms with van der Waals surface area (Å²) < 4.78 is 11.1. The number of pyridine rings is 1. The van der Waals surface area contributed by atoms with Crippen molar-refractivity contribution < 1.29 is 4.21 Å². The first-order valence-corrected chi connectivity index (χ1v) is 6.07. The minimum Gasteiger partial charge on any atom is -0.384 e. The molecule has 0 aromatic carbocycles. The van der Waals surface area contributed by atoms with E-state index >= 15 is 0 Å². The highest BCUT2D eigenvalue weighted by atomic mass is 32.2. The van der Waals surface area contributed by atoms with E-state index in [1.54, 1.807) is 6.07 Å². The average Bonchev–Trinajstić information content (AvgIpc) is 2.19. The van der Waals surface area contributed by atoms with Crippen molar-refractivity contribution in [3.63, 3.8) is 0 Å². The Morgan fingerprint density at radius 3 is 2.71 bits per heavy atom. The molecule has 14 heavy (non-hydrogen) atoms. The van der Waals surface area contributed by atoms with E-state index in [0.29, 0.717) is 5.82 Å². The molecule has 1 aromatic rings. The number of nitrogen functional groups attached to an aromatic ring is 1. The molecule has 1 aromatic heterocycles. The van der Waals surface area contributed by atoms with E-state index in [0.717, 1.165) is 30.4 Å². The number of anilines is 2. The molecule has 0 amide bonds. The van der Waals surface area contributed by atoms with Gasteiger partial charge in [-0.25, -0.2) is 4.98 Å². The summed E-state index contributed by atoms with van der Waals surface area (Å²) in [6, 6.07) is 5.60. The topological polar surface area (TPSA) is 59.2 Å². The van der Waals surface area contributed by atoms with Gasteiger partial charge in [0.1, 0.15) is 11.6 Å². The van der Waals surface area contributed by atoms with Gasteiger partial charge in [0.15, 0.2) is 0 Å². The molecule has 1 fully saturated rings. The molecular formula is C9H13N3OS. The Balaban J connectivity index is 2.12. The van der Waals surface area contributed by atoms with Crippen LogP contribution in [0.1, 0.15) is 0 Å². The van der Waals surface area contributed by atoms with Gasteiger partial charge in [-0.1, -0.05) is 6.07 Å². The highest BCUT2D eigenvalue weighted by molar-refractivity contribution is 7.85. The van der Waals surface area contributed by atoms with Gasteiger partial charge >= 0.3 is 0 Å². The van der Waals surface area contributed by atoms with Gasteiger partial charge in [-0.15, -0.1) is 0 Å². The summed E-state index contributed by atoms with van der Waals surface area (Å²) in [6.07, 6.45) is 0. The van der Waals surface area contributed by atoms with Crippen LogP contribution in [-0.2, 0) is 10.8 Å². The summed E-state index contributed by atoms with van der Waals surface area (Å²) in [4.78, 5) is 6.35. The van der Waals surface area contributed by atoms with Crippen molar-refractivity contribution in [1.82, 2.24) is 4.98 Å².